The van der Waals surface area contributed by atoms with Crippen molar-refractivity contribution in [2.75, 3.05) is 39.8 Å². The van der Waals surface area contributed by atoms with Crippen molar-refractivity contribution in [2.24, 2.45) is 0 Å². The number of nitrogens with zero attached hydrogens (tertiary/aromatic N) is 2. The lowest BCUT2D eigenvalue weighted by atomic mass is 10.1. The highest BCUT2D eigenvalue weighted by atomic mass is 19.1. The zero-order chi connectivity index (χ0) is 23.9. The fraction of sp³-hybridized carbons (Fsp3) is 0.321. The number of amides is 1. The molecule has 0 N–H and O–H groups in total. The van der Waals surface area contributed by atoms with Gasteiger partial charge in [-0.3, -0.25) is 9.69 Å². The summed E-state index contributed by atoms with van der Waals surface area (Å²) in [6.45, 7) is 5.95. The van der Waals surface area contributed by atoms with Crippen LogP contribution in [-0.2, 0) is 11.3 Å². The van der Waals surface area contributed by atoms with Gasteiger partial charge >= 0.3 is 0 Å². The summed E-state index contributed by atoms with van der Waals surface area (Å²) in [6.07, 6.45) is -0.137. The average Bonchev–Trinajstić information content (AvgIpc) is 2.87. The highest BCUT2D eigenvalue weighted by Crippen LogP contribution is 2.25. The van der Waals surface area contributed by atoms with Crippen LogP contribution in [0.15, 0.2) is 72.8 Å². The minimum absolute atomic E-state index is 0.126. The minimum Gasteiger partial charge on any atom is -0.497 e. The van der Waals surface area contributed by atoms with E-state index in [1.54, 1.807) is 24.1 Å². The molecule has 178 valence electrons. The third-order valence-corrected chi connectivity index (χ3v) is 6.19. The van der Waals surface area contributed by atoms with Crippen molar-refractivity contribution in [3.05, 3.63) is 101 Å². The number of piperazine rings is 1. The molecule has 0 spiro atoms. The Labute approximate surface area is 200 Å². The van der Waals surface area contributed by atoms with Crippen LogP contribution in [0.3, 0.4) is 0 Å². The molecule has 3 aromatic carbocycles. The predicted octanol–water partition coefficient (Wildman–Crippen LogP) is 4.86. The Morgan fingerprint density at radius 3 is 2.41 bits per heavy atom. The molecular formula is C28H31FN2O3. The number of carbonyl (C=O) groups is 1. The molecule has 34 heavy (non-hydrogen) atoms. The van der Waals surface area contributed by atoms with Crippen LogP contribution in [0, 0.1) is 12.7 Å². The molecule has 0 bridgehead atoms. The summed E-state index contributed by atoms with van der Waals surface area (Å²) in [5.74, 6) is 0.280. The van der Waals surface area contributed by atoms with E-state index in [0.717, 1.165) is 30.0 Å². The summed E-state index contributed by atoms with van der Waals surface area (Å²) in [6, 6.07) is 22.2. The van der Waals surface area contributed by atoms with Gasteiger partial charge in [0.1, 0.15) is 11.6 Å². The number of hydrogen-bond acceptors (Lipinski definition) is 4. The lowest BCUT2D eigenvalue weighted by Gasteiger charge is -2.36. The van der Waals surface area contributed by atoms with Crippen molar-refractivity contribution in [3.63, 3.8) is 0 Å². The van der Waals surface area contributed by atoms with Crippen LogP contribution < -0.4 is 4.74 Å². The molecule has 1 aliphatic rings. The van der Waals surface area contributed by atoms with Crippen LogP contribution in [0.2, 0.25) is 0 Å². The van der Waals surface area contributed by atoms with Crippen LogP contribution in [0.4, 0.5) is 4.39 Å². The number of methoxy groups -OCH3 is 1. The molecule has 1 heterocycles. The molecule has 5 nitrogen and oxygen atoms in total. The number of benzene rings is 3. The molecule has 1 fully saturated rings. The monoisotopic (exact) mass is 462 g/mol. The third-order valence-electron chi connectivity index (χ3n) is 6.19. The lowest BCUT2D eigenvalue weighted by molar-refractivity contribution is 0.00333. The Balaban J connectivity index is 1.40. The average molecular weight is 463 g/mol. The second kappa shape index (κ2) is 11.3. The summed E-state index contributed by atoms with van der Waals surface area (Å²) >= 11 is 0. The molecule has 0 aliphatic carbocycles. The zero-order valence-electron chi connectivity index (χ0n) is 19.7. The fourth-order valence-electron chi connectivity index (χ4n) is 4.15. The SMILES string of the molecule is COc1cccc(C(CN2CCN(C(=O)c3cccc(F)c3)CC2)OCc2ccc(C)cc2)c1. The van der Waals surface area contributed by atoms with E-state index in [9.17, 15) is 9.18 Å². The maximum absolute atomic E-state index is 13.5. The van der Waals surface area contributed by atoms with Gasteiger partial charge in [0.15, 0.2) is 0 Å². The molecule has 0 aromatic heterocycles. The molecular weight excluding hydrogens is 431 g/mol. The second-order valence-electron chi connectivity index (χ2n) is 8.67. The van der Waals surface area contributed by atoms with Gasteiger partial charge in [0, 0.05) is 38.3 Å². The van der Waals surface area contributed by atoms with E-state index in [0.29, 0.717) is 31.8 Å². The van der Waals surface area contributed by atoms with Crippen molar-refractivity contribution in [2.45, 2.75) is 19.6 Å². The molecule has 0 radical (unpaired) electrons. The smallest absolute Gasteiger partial charge is 0.254 e. The molecule has 1 saturated heterocycles. The normalized spacial score (nSPS) is 15.2. The van der Waals surface area contributed by atoms with Crippen LogP contribution in [-0.4, -0.2) is 55.5 Å². The van der Waals surface area contributed by atoms with Gasteiger partial charge in [-0.05, 0) is 48.4 Å². The molecule has 4 rings (SSSR count). The summed E-state index contributed by atoms with van der Waals surface area (Å²) in [7, 11) is 1.66. The topological polar surface area (TPSA) is 42.0 Å². The van der Waals surface area contributed by atoms with Crippen LogP contribution in [0.1, 0.15) is 33.2 Å². The Kier molecular flexibility index (Phi) is 7.93. The number of halogens is 1. The van der Waals surface area contributed by atoms with Crippen molar-refractivity contribution in [1.82, 2.24) is 9.80 Å². The number of carbonyl (C=O) groups excluding carboxylic acids is 1. The number of hydrogen-bond donors (Lipinski definition) is 0. The van der Waals surface area contributed by atoms with E-state index in [4.69, 9.17) is 9.47 Å². The first-order valence-corrected chi connectivity index (χ1v) is 11.6. The van der Waals surface area contributed by atoms with Crippen molar-refractivity contribution < 1.29 is 18.7 Å². The number of aryl methyl sites for hydroxylation is 1. The van der Waals surface area contributed by atoms with Gasteiger partial charge < -0.3 is 14.4 Å². The van der Waals surface area contributed by atoms with E-state index in [1.807, 2.05) is 18.2 Å². The summed E-state index contributed by atoms with van der Waals surface area (Å²) in [5.41, 5.74) is 3.80. The molecule has 1 aliphatic heterocycles. The second-order valence-corrected chi connectivity index (χ2v) is 8.67. The predicted molar refractivity (Wildman–Crippen MR) is 130 cm³/mol. The highest BCUT2D eigenvalue weighted by Gasteiger charge is 2.25. The maximum atomic E-state index is 13.5. The van der Waals surface area contributed by atoms with Gasteiger partial charge in [-0.25, -0.2) is 4.39 Å². The molecule has 6 heteroatoms. The summed E-state index contributed by atoms with van der Waals surface area (Å²) < 4.78 is 25.3. The van der Waals surface area contributed by atoms with E-state index in [1.165, 1.54) is 17.7 Å². The van der Waals surface area contributed by atoms with Gasteiger partial charge in [0.2, 0.25) is 0 Å². The van der Waals surface area contributed by atoms with Crippen molar-refractivity contribution in [1.29, 1.82) is 0 Å². The van der Waals surface area contributed by atoms with Crippen LogP contribution >= 0.6 is 0 Å². The van der Waals surface area contributed by atoms with Crippen molar-refractivity contribution in [3.8, 4) is 5.75 Å². The first-order valence-electron chi connectivity index (χ1n) is 11.6. The van der Waals surface area contributed by atoms with Gasteiger partial charge in [-0.1, -0.05) is 48.0 Å². The number of ether oxygens (including phenoxy) is 2. The van der Waals surface area contributed by atoms with Crippen LogP contribution in [0.5, 0.6) is 5.75 Å². The molecule has 1 unspecified atom stereocenters. The first kappa shape index (κ1) is 23.9. The lowest BCUT2D eigenvalue weighted by Crippen LogP contribution is -2.49. The molecule has 1 amide bonds. The summed E-state index contributed by atoms with van der Waals surface area (Å²) in [5, 5.41) is 0. The quantitative estimate of drug-likeness (QED) is 0.480. The Bertz CT molecular complexity index is 1090. The van der Waals surface area contributed by atoms with Crippen LogP contribution in [0.25, 0.3) is 0 Å². The van der Waals surface area contributed by atoms with Gasteiger partial charge in [0.05, 0.1) is 19.8 Å². The first-order chi connectivity index (χ1) is 16.5. The van der Waals surface area contributed by atoms with E-state index >= 15 is 0 Å². The molecule has 1 atom stereocenters. The summed E-state index contributed by atoms with van der Waals surface area (Å²) in [4.78, 5) is 16.9. The van der Waals surface area contributed by atoms with Gasteiger partial charge in [-0.15, -0.1) is 0 Å². The molecule has 3 aromatic rings. The van der Waals surface area contributed by atoms with E-state index in [-0.39, 0.29) is 12.0 Å². The van der Waals surface area contributed by atoms with E-state index < -0.39 is 5.82 Å². The maximum Gasteiger partial charge on any atom is 0.254 e. The standard InChI is InChI=1S/C28H31FN2O3/c1-21-9-11-22(12-10-21)20-34-27(23-5-4-8-26(18-23)33-2)19-30-13-15-31(16-14-30)28(32)24-6-3-7-25(29)17-24/h3-12,17-18,27H,13-16,19-20H2,1-2H3. The van der Waals surface area contributed by atoms with Crippen molar-refractivity contribution >= 4 is 5.91 Å². The zero-order valence-corrected chi connectivity index (χ0v) is 19.7. The minimum atomic E-state index is -0.392. The largest absolute Gasteiger partial charge is 0.497 e. The highest BCUT2D eigenvalue weighted by molar-refractivity contribution is 5.94. The Morgan fingerprint density at radius 2 is 1.71 bits per heavy atom. The fourth-order valence-corrected chi connectivity index (χ4v) is 4.15. The van der Waals surface area contributed by atoms with Gasteiger partial charge in [-0.2, -0.15) is 0 Å². The number of rotatable bonds is 8. The van der Waals surface area contributed by atoms with E-state index in [2.05, 4.69) is 42.2 Å². The molecule has 0 saturated carbocycles. The third kappa shape index (κ3) is 6.22. The Morgan fingerprint density at radius 1 is 0.971 bits per heavy atom. The Hall–Kier alpha value is -3.22. The van der Waals surface area contributed by atoms with Gasteiger partial charge in [0.25, 0.3) is 5.91 Å².